The average molecular weight is 703 g/mol. The number of rotatable bonds is 10. The van der Waals surface area contributed by atoms with Gasteiger partial charge in [-0.25, -0.2) is 9.37 Å². The van der Waals surface area contributed by atoms with Gasteiger partial charge in [-0.05, 0) is 78.6 Å². The van der Waals surface area contributed by atoms with Gasteiger partial charge in [-0.3, -0.25) is 19.7 Å². The van der Waals surface area contributed by atoms with Gasteiger partial charge in [0, 0.05) is 27.4 Å². The summed E-state index contributed by atoms with van der Waals surface area (Å²) in [4.78, 5) is 42.7. The van der Waals surface area contributed by atoms with E-state index in [1.165, 1.54) is 42.6 Å². The molecule has 240 valence electrons. The van der Waals surface area contributed by atoms with E-state index in [-0.39, 0.29) is 23.1 Å². The number of nitrogens with zero attached hydrogens (tertiary/aromatic N) is 4. The van der Waals surface area contributed by atoms with Crippen molar-refractivity contribution >= 4 is 50.3 Å². The number of hydrogen-bond acceptors (Lipinski definition) is 8. The molecule has 5 rings (SSSR count). The number of methoxy groups -OCH3 is 1. The standard InChI is InChI=1S/C34H29BrFN5O6/c1-19(2)26-16-27(20(3)13-30(26)46-4)33-39-28-8-6-5-7-25(28)34(43)40(33)37-17-21-14-22(35)15-29(41(44)45)32(21)47-18-31(42)38-24-11-9-23(36)10-12-24/h5-17,19H,18H2,1-4H3,(H,38,42). The molecule has 0 saturated carbocycles. The van der Waals surface area contributed by atoms with E-state index in [0.717, 1.165) is 15.8 Å². The number of carbonyl (C=O) groups is 1. The zero-order chi connectivity index (χ0) is 33.8. The topological polar surface area (TPSA) is 138 Å². The van der Waals surface area contributed by atoms with Gasteiger partial charge in [0.05, 0.1) is 29.2 Å². The number of benzene rings is 4. The number of nitrogens with one attached hydrogen (secondary N) is 1. The molecule has 0 aliphatic carbocycles. The molecule has 4 aromatic carbocycles. The molecule has 0 radical (unpaired) electrons. The maximum atomic E-state index is 13.9. The lowest BCUT2D eigenvalue weighted by Gasteiger charge is -2.17. The van der Waals surface area contributed by atoms with Crippen LogP contribution in [0.5, 0.6) is 11.5 Å². The molecule has 0 saturated heterocycles. The number of fused-ring (bicyclic) bond motifs is 1. The van der Waals surface area contributed by atoms with Crippen LogP contribution >= 0.6 is 15.9 Å². The van der Waals surface area contributed by atoms with Gasteiger partial charge in [-0.15, -0.1) is 0 Å². The Hall–Kier alpha value is -5.43. The second-order valence-electron chi connectivity index (χ2n) is 10.8. The Kier molecular flexibility index (Phi) is 9.75. The van der Waals surface area contributed by atoms with Crippen molar-refractivity contribution in [2.24, 2.45) is 5.10 Å². The van der Waals surface area contributed by atoms with Crippen LogP contribution in [0.1, 0.15) is 36.5 Å². The van der Waals surface area contributed by atoms with Gasteiger partial charge >= 0.3 is 5.69 Å². The van der Waals surface area contributed by atoms with Crippen molar-refractivity contribution in [2.75, 3.05) is 19.0 Å². The van der Waals surface area contributed by atoms with Crippen LogP contribution in [0.15, 0.2) is 87.2 Å². The zero-order valence-corrected chi connectivity index (χ0v) is 27.4. The fraction of sp³-hybridized carbons (Fsp3) is 0.176. The lowest BCUT2D eigenvalue weighted by Crippen LogP contribution is -2.21. The van der Waals surface area contributed by atoms with Crippen LogP contribution in [-0.4, -0.2) is 40.4 Å². The summed E-state index contributed by atoms with van der Waals surface area (Å²) in [6.45, 7) is 5.32. The first-order valence-corrected chi connectivity index (χ1v) is 15.2. The molecule has 47 heavy (non-hydrogen) atoms. The van der Waals surface area contributed by atoms with E-state index in [0.29, 0.717) is 32.4 Å². The number of aryl methyl sites for hydroxylation is 1. The minimum atomic E-state index is -0.654. The monoisotopic (exact) mass is 701 g/mol. The number of carbonyl (C=O) groups excluding carboxylic acids is 1. The van der Waals surface area contributed by atoms with Gasteiger partial charge in [0.25, 0.3) is 11.5 Å². The molecule has 0 spiro atoms. The minimum absolute atomic E-state index is 0.0932. The largest absolute Gasteiger partial charge is 0.496 e. The SMILES string of the molecule is COc1cc(C)c(-c2nc3ccccc3c(=O)n2N=Cc2cc(Br)cc([N+](=O)[O-])c2OCC(=O)Nc2ccc(F)cc2)cc1C(C)C. The Bertz CT molecular complexity index is 2100. The van der Waals surface area contributed by atoms with Crippen LogP contribution in [-0.2, 0) is 4.79 Å². The van der Waals surface area contributed by atoms with Crippen molar-refractivity contribution in [2.45, 2.75) is 26.7 Å². The summed E-state index contributed by atoms with van der Waals surface area (Å²) in [5.74, 6) is -0.313. The molecular formula is C34H29BrFN5O6. The molecule has 5 aromatic rings. The lowest BCUT2D eigenvalue weighted by atomic mass is 9.96. The van der Waals surface area contributed by atoms with Crippen LogP contribution in [0.3, 0.4) is 0 Å². The molecule has 0 aliphatic rings. The molecule has 11 nitrogen and oxygen atoms in total. The summed E-state index contributed by atoms with van der Waals surface area (Å²) in [7, 11) is 1.60. The summed E-state index contributed by atoms with van der Waals surface area (Å²) in [6.07, 6.45) is 1.24. The second-order valence-corrected chi connectivity index (χ2v) is 11.7. The first kappa shape index (κ1) is 32.9. The number of anilines is 1. The van der Waals surface area contributed by atoms with Gasteiger partial charge in [0.15, 0.2) is 12.4 Å². The summed E-state index contributed by atoms with van der Waals surface area (Å²) in [5.41, 5.74) is 2.33. The third-order valence-electron chi connectivity index (χ3n) is 7.24. The number of hydrogen-bond donors (Lipinski definition) is 1. The summed E-state index contributed by atoms with van der Waals surface area (Å²) < 4.78 is 26.0. The molecule has 1 aromatic heterocycles. The molecule has 1 heterocycles. The Morgan fingerprint density at radius 1 is 1.15 bits per heavy atom. The molecule has 0 bridgehead atoms. The molecule has 0 aliphatic heterocycles. The number of para-hydroxylation sites is 1. The number of amides is 1. The summed E-state index contributed by atoms with van der Waals surface area (Å²) in [6, 6.07) is 18.5. The van der Waals surface area contributed by atoms with E-state index in [4.69, 9.17) is 14.5 Å². The highest BCUT2D eigenvalue weighted by atomic mass is 79.9. The number of nitro benzene ring substituents is 1. The quantitative estimate of drug-likeness (QED) is 0.0922. The Morgan fingerprint density at radius 2 is 1.87 bits per heavy atom. The van der Waals surface area contributed by atoms with E-state index in [2.05, 4.69) is 26.3 Å². The smallest absolute Gasteiger partial charge is 0.312 e. The molecule has 1 amide bonds. The van der Waals surface area contributed by atoms with Crippen molar-refractivity contribution < 1.29 is 23.6 Å². The Balaban J connectivity index is 1.61. The van der Waals surface area contributed by atoms with E-state index >= 15 is 0 Å². The van der Waals surface area contributed by atoms with Gasteiger partial charge in [-0.2, -0.15) is 9.78 Å². The van der Waals surface area contributed by atoms with E-state index in [9.17, 15) is 24.1 Å². The fourth-order valence-corrected chi connectivity index (χ4v) is 5.41. The van der Waals surface area contributed by atoms with Crippen molar-refractivity contribution in [3.63, 3.8) is 0 Å². The molecule has 0 atom stereocenters. The zero-order valence-electron chi connectivity index (χ0n) is 25.8. The molecular weight excluding hydrogens is 673 g/mol. The second kappa shape index (κ2) is 13.9. The van der Waals surface area contributed by atoms with Gasteiger partial charge in [0.1, 0.15) is 11.6 Å². The number of nitro groups is 1. The fourth-order valence-electron chi connectivity index (χ4n) is 4.95. The number of aromatic nitrogens is 2. The maximum absolute atomic E-state index is 13.9. The Morgan fingerprint density at radius 3 is 2.55 bits per heavy atom. The Labute approximate surface area is 277 Å². The van der Waals surface area contributed by atoms with Crippen molar-refractivity contribution in [3.05, 3.63) is 120 Å². The van der Waals surface area contributed by atoms with Crippen molar-refractivity contribution in [3.8, 4) is 22.9 Å². The van der Waals surface area contributed by atoms with Crippen molar-refractivity contribution in [1.82, 2.24) is 9.66 Å². The molecule has 13 heteroatoms. The predicted octanol–water partition coefficient (Wildman–Crippen LogP) is 7.21. The van der Waals surface area contributed by atoms with E-state index in [1.54, 1.807) is 31.4 Å². The number of ether oxygens (including phenoxy) is 2. The first-order valence-electron chi connectivity index (χ1n) is 14.4. The highest BCUT2D eigenvalue weighted by Crippen LogP contribution is 2.36. The van der Waals surface area contributed by atoms with Gasteiger partial charge in [0.2, 0.25) is 5.75 Å². The van der Waals surface area contributed by atoms with E-state index < -0.39 is 34.5 Å². The van der Waals surface area contributed by atoms with Crippen LogP contribution in [0.4, 0.5) is 15.8 Å². The minimum Gasteiger partial charge on any atom is -0.496 e. The predicted molar refractivity (Wildman–Crippen MR) is 181 cm³/mol. The van der Waals surface area contributed by atoms with Gasteiger partial charge in [-0.1, -0.05) is 41.9 Å². The normalized spacial score (nSPS) is 11.3. The maximum Gasteiger partial charge on any atom is 0.312 e. The van der Waals surface area contributed by atoms with Crippen LogP contribution in [0.2, 0.25) is 0 Å². The summed E-state index contributed by atoms with van der Waals surface area (Å²) >= 11 is 3.29. The third kappa shape index (κ3) is 7.20. The number of halogens is 2. The van der Waals surface area contributed by atoms with Gasteiger partial charge < -0.3 is 14.8 Å². The highest BCUT2D eigenvalue weighted by Gasteiger charge is 2.23. The molecule has 0 fully saturated rings. The first-order chi connectivity index (χ1) is 22.5. The van der Waals surface area contributed by atoms with Crippen LogP contribution in [0, 0.1) is 22.9 Å². The van der Waals surface area contributed by atoms with E-state index in [1.807, 2.05) is 32.9 Å². The third-order valence-corrected chi connectivity index (χ3v) is 7.70. The van der Waals surface area contributed by atoms with Crippen molar-refractivity contribution in [1.29, 1.82) is 0 Å². The van der Waals surface area contributed by atoms with Crippen LogP contribution < -0.4 is 20.3 Å². The highest BCUT2D eigenvalue weighted by molar-refractivity contribution is 9.10. The van der Waals surface area contributed by atoms with Crippen LogP contribution in [0.25, 0.3) is 22.3 Å². The summed E-state index contributed by atoms with van der Waals surface area (Å²) in [5, 5.41) is 19.4. The average Bonchev–Trinajstić information content (AvgIpc) is 3.04. The lowest BCUT2D eigenvalue weighted by molar-refractivity contribution is -0.385. The molecule has 0 unspecified atom stereocenters. The molecule has 1 N–H and O–H groups in total.